The molecule has 0 radical (unpaired) electrons. The van der Waals surface area contributed by atoms with Crippen molar-refractivity contribution >= 4 is 23.4 Å². The van der Waals surface area contributed by atoms with E-state index in [2.05, 4.69) is 5.32 Å². The summed E-state index contributed by atoms with van der Waals surface area (Å²) in [7, 11) is 0. The van der Waals surface area contributed by atoms with Gasteiger partial charge in [-0.05, 0) is 23.9 Å². The summed E-state index contributed by atoms with van der Waals surface area (Å²) in [6.45, 7) is 0. The van der Waals surface area contributed by atoms with Crippen LogP contribution in [0.1, 0.15) is 12.0 Å². The lowest BCUT2D eigenvalue weighted by Crippen LogP contribution is -2.32. The van der Waals surface area contributed by atoms with E-state index in [9.17, 15) is 26.7 Å². The third kappa shape index (κ3) is 4.09. The number of hydrogen-bond donors (Lipinski definition) is 1. The minimum absolute atomic E-state index is 0.245. The van der Waals surface area contributed by atoms with Gasteiger partial charge < -0.3 is 5.32 Å². The lowest BCUT2D eigenvalue weighted by Gasteiger charge is -2.19. The third-order valence-corrected chi connectivity index (χ3v) is 3.27. The number of alkyl halides is 5. The van der Waals surface area contributed by atoms with Gasteiger partial charge >= 0.3 is 11.4 Å². The van der Waals surface area contributed by atoms with Gasteiger partial charge in [0.25, 0.3) is 0 Å². The van der Waals surface area contributed by atoms with Gasteiger partial charge in [-0.25, -0.2) is 0 Å². The van der Waals surface area contributed by atoms with Gasteiger partial charge in [0.05, 0.1) is 17.3 Å². The Labute approximate surface area is 125 Å². The summed E-state index contributed by atoms with van der Waals surface area (Å²) in [6.07, 6.45) is -6.34. The van der Waals surface area contributed by atoms with Crippen LogP contribution >= 0.6 is 11.8 Å². The van der Waals surface area contributed by atoms with Gasteiger partial charge in [-0.2, -0.15) is 32.5 Å². The molecule has 4 nitrogen and oxygen atoms in total. The number of nitrogens with one attached hydrogen (secondary N) is 1. The maximum absolute atomic E-state index is 13.0. The first-order valence-electron chi connectivity index (χ1n) is 5.46. The Kier molecular flexibility index (Phi) is 5.33. The molecule has 1 N–H and O–H groups in total. The molecule has 0 spiro atoms. The maximum atomic E-state index is 13.0. The molecule has 0 aliphatic heterocycles. The number of benzene rings is 1. The molecule has 22 heavy (non-hydrogen) atoms. The predicted molar refractivity (Wildman–Crippen MR) is 66.9 cm³/mol. The second kappa shape index (κ2) is 6.62. The Bertz CT molecular complexity index is 660. The molecule has 1 rings (SSSR count). The second-order valence-electron chi connectivity index (χ2n) is 3.79. The standard InChI is InChI=1S/C12H6F5N3OS/c13-11(14,15)12(16,17)22-9-3-1-2-8(7(9)6-19)20-10(21)4-5-18/h1-3H,4H2,(H,20,21). The molecule has 10 heteroatoms. The monoisotopic (exact) mass is 335 g/mol. The van der Waals surface area contributed by atoms with E-state index in [-0.39, 0.29) is 5.69 Å². The lowest BCUT2D eigenvalue weighted by atomic mass is 10.2. The van der Waals surface area contributed by atoms with E-state index in [1.165, 1.54) is 12.1 Å². The fraction of sp³-hybridized carbons (Fsp3) is 0.250. The van der Waals surface area contributed by atoms with Crippen LogP contribution in [0.3, 0.4) is 0 Å². The van der Waals surface area contributed by atoms with E-state index in [1.807, 2.05) is 0 Å². The first-order chi connectivity index (χ1) is 10.1. The molecule has 1 amide bonds. The minimum atomic E-state index is -5.79. The predicted octanol–water partition coefficient (Wildman–Crippen LogP) is 3.66. The lowest BCUT2D eigenvalue weighted by molar-refractivity contribution is -0.237. The highest BCUT2D eigenvalue weighted by atomic mass is 32.2. The molecule has 0 aromatic heterocycles. The minimum Gasteiger partial charge on any atom is -0.324 e. The van der Waals surface area contributed by atoms with Crippen LogP contribution in [-0.4, -0.2) is 17.3 Å². The summed E-state index contributed by atoms with van der Waals surface area (Å²) in [5.41, 5.74) is -0.784. The topological polar surface area (TPSA) is 76.7 Å². The number of amides is 1. The van der Waals surface area contributed by atoms with Crippen molar-refractivity contribution in [3.05, 3.63) is 23.8 Å². The maximum Gasteiger partial charge on any atom is 0.464 e. The van der Waals surface area contributed by atoms with E-state index in [0.717, 1.165) is 18.2 Å². The zero-order valence-corrected chi connectivity index (χ0v) is 11.4. The van der Waals surface area contributed by atoms with E-state index < -0.39 is 46.0 Å². The highest BCUT2D eigenvalue weighted by Crippen LogP contribution is 2.48. The summed E-state index contributed by atoms with van der Waals surface area (Å²) in [5, 5.41) is 14.3. The summed E-state index contributed by atoms with van der Waals surface area (Å²) >= 11 is -0.839. The van der Waals surface area contributed by atoms with Crippen molar-refractivity contribution in [2.75, 3.05) is 5.32 Å². The van der Waals surface area contributed by atoms with Crippen molar-refractivity contribution in [3.63, 3.8) is 0 Å². The van der Waals surface area contributed by atoms with Gasteiger partial charge in [-0.3, -0.25) is 4.79 Å². The molecule has 0 unspecified atom stereocenters. The molecule has 0 saturated carbocycles. The molecular formula is C12H6F5N3OS. The Hall–Kier alpha value is -2.33. The zero-order valence-electron chi connectivity index (χ0n) is 10.5. The summed E-state index contributed by atoms with van der Waals surface area (Å²) < 4.78 is 62.7. The number of nitriles is 2. The molecule has 0 heterocycles. The van der Waals surface area contributed by atoms with Gasteiger partial charge in [0.15, 0.2) is 0 Å². The number of carbonyl (C=O) groups is 1. The number of thioether (sulfide) groups is 1. The second-order valence-corrected chi connectivity index (χ2v) is 4.95. The summed E-state index contributed by atoms with van der Waals surface area (Å²) in [5.74, 6) is -0.816. The Morgan fingerprint density at radius 1 is 1.23 bits per heavy atom. The van der Waals surface area contributed by atoms with Crippen LogP contribution in [0.5, 0.6) is 0 Å². The average molecular weight is 335 g/mol. The molecule has 0 fully saturated rings. The van der Waals surface area contributed by atoms with Crippen LogP contribution in [0.25, 0.3) is 0 Å². The molecule has 0 aliphatic carbocycles. The summed E-state index contributed by atoms with van der Waals surface area (Å²) in [4.78, 5) is 10.6. The molecule has 1 aromatic carbocycles. The zero-order chi connectivity index (χ0) is 17.0. The van der Waals surface area contributed by atoms with Crippen LogP contribution in [0.2, 0.25) is 0 Å². The highest BCUT2D eigenvalue weighted by Gasteiger charge is 2.58. The fourth-order valence-electron chi connectivity index (χ4n) is 1.30. The van der Waals surface area contributed by atoms with Crippen LogP contribution in [-0.2, 0) is 4.79 Å². The Balaban J connectivity index is 3.16. The van der Waals surface area contributed by atoms with E-state index >= 15 is 0 Å². The van der Waals surface area contributed by atoms with E-state index in [1.54, 1.807) is 0 Å². The largest absolute Gasteiger partial charge is 0.464 e. The first-order valence-corrected chi connectivity index (χ1v) is 6.27. The van der Waals surface area contributed by atoms with Crippen LogP contribution in [0.15, 0.2) is 23.1 Å². The van der Waals surface area contributed by atoms with Gasteiger partial charge in [0.1, 0.15) is 12.5 Å². The molecule has 0 saturated heterocycles. The smallest absolute Gasteiger partial charge is 0.324 e. The van der Waals surface area contributed by atoms with Crippen LogP contribution in [0, 0.1) is 22.7 Å². The quantitative estimate of drug-likeness (QED) is 0.673. The molecule has 0 atom stereocenters. The normalized spacial score (nSPS) is 11.4. The molecule has 116 valence electrons. The van der Waals surface area contributed by atoms with Crippen molar-refractivity contribution < 1.29 is 26.7 Å². The van der Waals surface area contributed by atoms with Crippen LogP contribution in [0.4, 0.5) is 27.6 Å². The first kappa shape index (κ1) is 17.7. The number of hydrogen-bond acceptors (Lipinski definition) is 4. The third-order valence-electron chi connectivity index (χ3n) is 2.22. The molecule has 0 bridgehead atoms. The van der Waals surface area contributed by atoms with Crippen molar-refractivity contribution in [2.45, 2.75) is 22.7 Å². The highest BCUT2D eigenvalue weighted by molar-refractivity contribution is 8.00. The SMILES string of the molecule is N#CCC(=O)Nc1cccc(SC(F)(F)C(F)(F)F)c1C#N. The number of anilines is 1. The van der Waals surface area contributed by atoms with Crippen molar-refractivity contribution in [3.8, 4) is 12.1 Å². The average Bonchev–Trinajstić information content (AvgIpc) is 2.37. The van der Waals surface area contributed by atoms with Crippen molar-refractivity contribution in [1.29, 1.82) is 10.5 Å². The van der Waals surface area contributed by atoms with Crippen molar-refractivity contribution in [1.82, 2.24) is 0 Å². The molecule has 0 aliphatic rings. The van der Waals surface area contributed by atoms with E-state index in [4.69, 9.17) is 10.5 Å². The van der Waals surface area contributed by atoms with Gasteiger partial charge in [-0.15, -0.1) is 0 Å². The van der Waals surface area contributed by atoms with Gasteiger partial charge in [-0.1, -0.05) is 6.07 Å². The van der Waals surface area contributed by atoms with E-state index in [0.29, 0.717) is 0 Å². The fourth-order valence-corrected chi connectivity index (χ4v) is 2.09. The Morgan fingerprint density at radius 2 is 1.86 bits per heavy atom. The number of nitrogens with zero attached hydrogens (tertiary/aromatic N) is 2. The molecule has 1 aromatic rings. The van der Waals surface area contributed by atoms with Crippen LogP contribution < -0.4 is 5.32 Å². The molecular weight excluding hydrogens is 329 g/mol. The summed E-state index contributed by atoms with van der Waals surface area (Å²) in [6, 6.07) is 6.17. The Morgan fingerprint density at radius 3 is 2.36 bits per heavy atom. The number of halogens is 5. The van der Waals surface area contributed by atoms with Crippen molar-refractivity contribution in [2.24, 2.45) is 0 Å². The number of rotatable bonds is 4. The number of carbonyl (C=O) groups excluding carboxylic acids is 1. The van der Waals surface area contributed by atoms with Gasteiger partial charge in [0, 0.05) is 4.90 Å². The van der Waals surface area contributed by atoms with Gasteiger partial charge in [0.2, 0.25) is 5.91 Å².